The third-order valence-corrected chi connectivity index (χ3v) is 5.94. The number of likely N-dealkylation sites (tertiary alicyclic amines) is 1. The fourth-order valence-corrected chi connectivity index (χ4v) is 4.44. The van der Waals surface area contributed by atoms with E-state index in [1.54, 1.807) is 11.2 Å². The number of amides is 1. The number of nitrogens with one attached hydrogen (secondary N) is 1. The Morgan fingerprint density at radius 3 is 2.66 bits per heavy atom. The third kappa shape index (κ3) is 4.96. The molecule has 168 valence electrons. The van der Waals surface area contributed by atoms with Crippen molar-refractivity contribution in [2.75, 3.05) is 18.4 Å². The molecule has 0 atom stereocenters. The van der Waals surface area contributed by atoms with Crippen LogP contribution in [-0.2, 0) is 4.74 Å². The number of carbonyl (C=O) groups is 1. The molecule has 2 heterocycles. The molecule has 1 aliphatic rings. The Morgan fingerprint density at radius 2 is 1.97 bits per heavy atom. The second-order valence-corrected chi connectivity index (χ2v) is 9.71. The van der Waals surface area contributed by atoms with Crippen LogP contribution in [0.2, 0.25) is 5.02 Å². The van der Waals surface area contributed by atoms with Gasteiger partial charge in [-0.15, -0.1) is 0 Å². The number of fused-ring (bicyclic) bond motifs is 1. The third-order valence-electron chi connectivity index (χ3n) is 5.62. The van der Waals surface area contributed by atoms with Gasteiger partial charge >= 0.3 is 6.09 Å². The van der Waals surface area contributed by atoms with Crippen LogP contribution in [0.5, 0.6) is 0 Å². The first-order valence-electron chi connectivity index (χ1n) is 10.9. The molecule has 3 aromatic rings. The monoisotopic (exact) mass is 452 g/mol. The zero-order valence-electron chi connectivity index (χ0n) is 19.0. The molecule has 1 aliphatic heterocycles. The first-order valence-corrected chi connectivity index (χ1v) is 11.3. The highest BCUT2D eigenvalue weighted by Crippen LogP contribution is 2.36. The number of hydrogen-bond acceptors (Lipinski definition) is 5. The fraction of sp³-hybridized carbons (Fsp3) is 0.400. The molecule has 0 bridgehead atoms. The Kier molecular flexibility index (Phi) is 6.24. The predicted molar refractivity (Wildman–Crippen MR) is 129 cm³/mol. The first-order chi connectivity index (χ1) is 15.2. The summed E-state index contributed by atoms with van der Waals surface area (Å²) in [5.74, 6) is 0. The van der Waals surface area contributed by atoms with Crippen LogP contribution < -0.4 is 5.32 Å². The number of piperidine rings is 1. The van der Waals surface area contributed by atoms with Crippen molar-refractivity contribution in [3.8, 4) is 11.1 Å². The number of aromatic nitrogens is 2. The maximum absolute atomic E-state index is 12.4. The molecule has 1 fully saturated rings. The lowest BCUT2D eigenvalue weighted by atomic mass is 9.97. The topological polar surface area (TPSA) is 67.4 Å². The molecule has 0 saturated carbocycles. The number of hydrogen-bond donors (Lipinski definition) is 1. The predicted octanol–water partition coefficient (Wildman–Crippen LogP) is 6.07. The lowest BCUT2D eigenvalue weighted by molar-refractivity contribution is 0.0210. The number of carbonyl (C=O) groups excluding carboxylic acids is 1. The Bertz CT molecular complexity index is 1110. The molecule has 1 saturated heterocycles. The molecule has 0 spiro atoms. The molecule has 0 unspecified atom stereocenters. The lowest BCUT2D eigenvalue weighted by Crippen LogP contribution is -2.44. The molecule has 7 heteroatoms. The highest BCUT2D eigenvalue weighted by Gasteiger charge is 2.27. The molecule has 0 radical (unpaired) electrons. The van der Waals surface area contributed by atoms with E-state index in [1.165, 1.54) is 0 Å². The molecule has 2 aromatic carbocycles. The number of rotatable bonds is 3. The summed E-state index contributed by atoms with van der Waals surface area (Å²) in [4.78, 5) is 22.9. The van der Waals surface area contributed by atoms with E-state index in [4.69, 9.17) is 16.3 Å². The van der Waals surface area contributed by atoms with Gasteiger partial charge in [0, 0.05) is 41.3 Å². The van der Waals surface area contributed by atoms with E-state index in [9.17, 15) is 4.79 Å². The van der Waals surface area contributed by atoms with Crippen molar-refractivity contribution in [1.29, 1.82) is 0 Å². The SMILES string of the molecule is Cc1cccc(Cl)c1-c1cc(NC2CCN(C(=O)OC(C)(C)C)CC2)c2ncncc2c1. The van der Waals surface area contributed by atoms with Crippen LogP contribution >= 0.6 is 11.6 Å². The zero-order chi connectivity index (χ0) is 22.9. The summed E-state index contributed by atoms with van der Waals surface area (Å²) < 4.78 is 5.51. The van der Waals surface area contributed by atoms with Gasteiger partial charge in [0.2, 0.25) is 0 Å². The van der Waals surface area contributed by atoms with Gasteiger partial charge in [0.1, 0.15) is 11.9 Å². The number of nitrogens with zero attached hydrogens (tertiary/aromatic N) is 3. The minimum absolute atomic E-state index is 0.231. The molecule has 4 rings (SSSR count). The Morgan fingerprint density at radius 1 is 1.22 bits per heavy atom. The van der Waals surface area contributed by atoms with Crippen molar-refractivity contribution in [2.45, 2.75) is 52.2 Å². The van der Waals surface area contributed by atoms with E-state index in [0.717, 1.165) is 51.1 Å². The van der Waals surface area contributed by atoms with Crippen LogP contribution in [0.3, 0.4) is 0 Å². The summed E-state index contributed by atoms with van der Waals surface area (Å²) >= 11 is 6.55. The van der Waals surface area contributed by atoms with E-state index in [2.05, 4.69) is 40.4 Å². The molecular formula is C25H29ClN4O2. The van der Waals surface area contributed by atoms with Crippen LogP contribution in [0.25, 0.3) is 22.0 Å². The van der Waals surface area contributed by atoms with Crippen molar-refractivity contribution in [2.24, 2.45) is 0 Å². The quantitative estimate of drug-likeness (QED) is 0.522. The van der Waals surface area contributed by atoms with Gasteiger partial charge in [0.15, 0.2) is 0 Å². The number of aryl methyl sites for hydroxylation is 1. The smallest absolute Gasteiger partial charge is 0.410 e. The molecule has 32 heavy (non-hydrogen) atoms. The lowest BCUT2D eigenvalue weighted by Gasteiger charge is -2.34. The van der Waals surface area contributed by atoms with E-state index < -0.39 is 5.60 Å². The zero-order valence-corrected chi connectivity index (χ0v) is 19.7. The Balaban J connectivity index is 1.57. The van der Waals surface area contributed by atoms with Crippen LogP contribution in [0.1, 0.15) is 39.2 Å². The van der Waals surface area contributed by atoms with Gasteiger partial charge in [0.05, 0.1) is 11.2 Å². The van der Waals surface area contributed by atoms with E-state index in [0.29, 0.717) is 13.1 Å². The van der Waals surface area contributed by atoms with Crippen LogP contribution in [0.15, 0.2) is 42.9 Å². The Hall–Kier alpha value is -2.86. The number of ether oxygens (including phenoxy) is 1. The number of anilines is 1. The normalized spacial score (nSPS) is 15.1. The van der Waals surface area contributed by atoms with Gasteiger partial charge in [-0.05, 0) is 69.9 Å². The van der Waals surface area contributed by atoms with Crippen LogP contribution in [0, 0.1) is 6.92 Å². The summed E-state index contributed by atoms with van der Waals surface area (Å²) in [7, 11) is 0. The molecule has 1 amide bonds. The van der Waals surface area contributed by atoms with E-state index in [1.807, 2.05) is 39.1 Å². The van der Waals surface area contributed by atoms with Crippen molar-refractivity contribution in [3.63, 3.8) is 0 Å². The largest absolute Gasteiger partial charge is 0.444 e. The fourth-order valence-electron chi connectivity index (χ4n) is 4.11. The van der Waals surface area contributed by atoms with Crippen molar-refractivity contribution in [3.05, 3.63) is 53.4 Å². The van der Waals surface area contributed by atoms with E-state index >= 15 is 0 Å². The van der Waals surface area contributed by atoms with Crippen molar-refractivity contribution in [1.82, 2.24) is 14.9 Å². The molecule has 1 N–H and O–H groups in total. The van der Waals surface area contributed by atoms with Gasteiger partial charge in [-0.3, -0.25) is 0 Å². The van der Waals surface area contributed by atoms with Gasteiger partial charge in [-0.1, -0.05) is 23.7 Å². The standard InChI is InChI=1S/C25H29ClN4O2/c1-16-6-5-7-20(26)22(16)17-12-18-14-27-15-28-23(18)21(13-17)29-19-8-10-30(11-9-19)24(31)32-25(2,3)4/h5-7,12-15,19,29H,8-11H2,1-4H3. The maximum Gasteiger partial charge on any atom is 0.410 e. The average molecular weight is 453 g/mol. The van der Waals surface area contributed by atoms with Crippen LogP contribution in [0.4, 0.5) is 10.5 Å². The maximum atomic E-state index is 12.4. The first kappa shape index (κ1) is 22.3. The van der Waals surface area contributed by atoms with Crippen LogP contribution in [-0.4, -0.2) is 45.7 Å². The second kappa shape index (κ2) is 8.94. The summed E-state index contributed by atoms with van der Waals surface area (Å²) in [5, 5.41) is 5.35. The minimum Gasteiger partial charge on any atom is -0.444 e. The highest BCUT2D eigenvalue weighted by atomic mass is 35.5. The molecule has 1 aromatic heterocycles. The van der Waals surface area contributed by atoms with Gasteiger partial charge in [0.25, 0.3) is 0 Å². The second-order valence-electron chi connectivity index (χ2n) is 9.30. The van der Waals surface area contributed by atoms with Crippen molar-refractivity contribution >= 4 is 34.3 Å². The van der Waals surface area contributed by atoms with E-state index in [-0.39, 0.29) is 12.1 Å². The molecule has 6 nitrogen and oxygen atoms in total. The Labute approximate surface area is 194 Å². The molecule has 0 aliphatic carbocycles. The summed E-state index contributed by atoms with van der Waals surface area (Å²) in [6.07, 6.45) is 4.82. The van der Waals surface area contributed by atoms with Crippen molar-refractivity contribution < 1.29 is 9.53 Å². The summed E-state index contributed by atoms with van der Waals surface area (Å²) in [5.41, 5.74) is 4.51. The average Bonchev–Trinajstić information content (AvgIpc) is 2.73. The van der Waals surface area contributed by atoms with Gasteiger partial charge in [-0.25, -0.2) is 14.8 Å². The minimum atomic E-state index is -0.484. The van der Waals surface area contributed by atoms with Gasteiger partial charge in [-0.2, -0.15) is 0 Å². The summed E-state index contributed by atoms with van der Waals surface area (Å²) in [6, 6.07) is 10.4. The summed E-state index contributed by atoms with van der Waals surface area (Å²) in [6.45, 7) is 9.04. The van der Waals surface area contributed by atoms with Gasteiger partial charge < -0.3 is 15.0 Å². The number of halogens is 1. The highest BCUT2D eigenvalue weighted by molar-refractivity contribution is 6.33. The number of benzene rings is 2. The molecular weight excluding hydrogens is 424 g/mol.